The van der Waals surface area contributed by atoms with Gasteiger partial charge in [-0.05, 0) is 18.2 Å². The van der Waals surface area contributed by atoms with Crippen LogP contribution in [0.25, 0.3) is 21.9 Å². The summed E-state index contributed by atoms with van der Waals surface area (Å²) in [5.41, 5.74) is 5.25. The van der Waals surface area contributed by atoms with Crippen LogP contribution in [0.4, 0.5) is 0 Å². The summed E-state index contributed by atoms with van der Waals surface area (Å²) in [6.07, 6.45) is 3.62. The Balaban J connectivity index is 1.55. The predicted molar refractivity (Wildman–Crippen MR) is 94.2 cm³/mol. The van der Waals surface area contributed by atoms with E-state index in [1.807, 2.05) is 66.3 Å². The Hall–Kier alpha value is -3.34. The molecule has 0 radical (unpaired) electrons. The van der Waals surface area contributed by atoms with E-state index in [9.17, 15) is 4.79 Å². The highest BCUT2D eigenvalue weighted by atomic mass is 16.3. The summed E-state index contributed by atoms with van der Waals surface area (Å²) in [6, 6.07) is 17.2. The van der Waals surface area contributed by atoms with Gasteiger partial charge >= 0.3 is 5.91 Å². The highest BCUT2D eigenvalue weighted by molar-refractivity contribution is 6.00. The van der Waals surface area contributed by atoms with Gasteiger partial charge in [0.05, 0.1) is 6.21 Å². The quantitative estimate of drug-likeness (QED) is 0.463. The number of benzene rings is 2. The molecule has 5 heteroatoms. The van der Waals surface area contributed by atoms with Gasteiger partial charge in [0.15, 0.2) is 5.76 Å². The molecule has 0 atom stereocenters. The standard InChI is InChI=1S/C19H15N3O2/c1-22-12-14(15-7-3-4-8-16(15)22)11-20-21-19(23)18-10-13-6-2-5-9-17(13)24-18/h2-12H,1H3,(H,21,23)/b20-11+. The molecule has 2 aromatic heterocycles. The van der Waals surface area contributed by atoms with Gasteiger partial charge in [-0.3, -0.25) is 4.79 Å². The van der Waals surface area contributed by atoms with Gasteiger partial charge in [-0.1, -0.05) is 36.4 Å². The predicted octanol–water partition coefficient (Wildman–Crippen LogP) is 3.69. The third-order valence-corrected chi connectivity index (χ3v) is 3.95. The number of aryl methyl sites for hydroxylation is 1. The first-order valence-corrected chi connectivity index (χ1v) is 7.58. The summed E-state index contributed by atoms with van der Waals surface area (Å²) < 4.78 is 7.54. The second-order valence-corrected chi connectivity index (χ2v) is 5.56. The Kier molecular flexibility index (Phi) is 3.39. The molecular weight excluding hydrogens is 302 g/mol. The average Bonchev–Trinajstić information content (AvgIpc) is 3.17. The van der Waals surface area contributed by atoms with E-state index in [2.05, 4.69) is 10.5 Å². The molecule has 2 heterocycles. The molecule has 0 bridgehead atoms. The third-order valence-electron chi connectivity index (χ3n) is 3.95. The largest absolute Gasteiger partial charge is 0.451 e. The van der Waals surface area contributed by atoms with E-state index in [0.29, 0.717) is 5.58 Å². The smallest absolute Gasteiger partial charge is 0.307 e. The molecule has 0 aliphatic carbocycles. The van der Waals surface area contributed by atoms with Crippen molar-refractivity contribution in [3.63, 3.8) is 0 Å². The maximum Gasteiger partial charge on any atom is 0.307 e. The van der Waals surface area contributed by atoms with Crippen molar-refractivity contribution in [3.8, 4) is 0 Å². The van der Waals surface area contributed by atoms with Crippen LogP contribution in [-0.4, -0.2) is 16.7 Å². The lowest BCUT2D eigenvalue weighted by molar-refractivity contribution is 0.0929. The zero-order chi connectivity index (χ0) is 16.5. The Bertz CT molecular complexity index is 1040. The number of fused-ring (bicyclic) bond motifs is 2. The van der Waals surface area contributed by atoms with E-state index in [1.165, 1.54) is 0 Å². The van der Waals surface area contributed by atoms with Crippen molar-refractivity contribution < 1.29 is 9.21 Å². The molecule has 1 N–H and O–H groups in total. The van der Waals surface area contributed by atoms with Crippen LogP contribution in [0.1, 0.15) is 16.1 Å². The molecule has 0 aliphatic heterocycles. The maximum atomic E-state index is 12.1. The van der Waals surface area contributed by atoms with Gasteiger partial charge < -0.3 is 8.98 Å². The Labute approximate surface area is 138 Å². The highest BCUT2D eigenvalue weighted by Crippen LogP contribution is 2.19. The molecular formula is C19H15N3O2. The van der Waals surface area contributed by atoms with Crippen molar-refractivity contribution in [2.45, 2.75) is 0 Å². The Morgan fingerprint density at radius 2 is 1.96 bits per heavy atom. The molecule has 0 saturated heterocycles. The van der Waals surface area contributed by atoms with Crippen molar-refractivity contribution in [1.82, 2.24) is 9.99 Å². The molecule has 118 valence electrons. The van der Waals surface area contributed by atoms with E-state index >= 15 is 0 Å². The normalized spacial score (nSPS) is 11.5. The van der Waals surface area contributed by atoms with Crippen LogP contribution in [-0.2, 0) is 7.05 Å². The molecule has 5 nitrogen and oxygen atoms in total. The number of furan rings is 1. The minimum atomic E-state index is -0.373. The Morgan fingerprint density at radius 1 is 1.17 bits per heavy atom. The summed E-state index contributed by atoms with van der Waals surface area (Å²) in [7, 11) is 1.98. The third kappa shape index (κ3) is 2.46. The van der Waals surface area contributed by atoms with Crippen LogP contribution in [0.15, 0.2) is 70.3 Å². The van der Waals surface area contributed by atoms with E-state index in [1.54, 1.807) is 12.3 Å². The van der Waals surface area contributed by atoms with Gasteiger partial charge in [-0.15, -0.1) is 0 Å². The first kappa shape index (κ1) is 14.3. The number of amides is 1. The van der Waals surface area contributed by atoms with Crippen molar-refractivity contribution in [1.29, 1.82) is 0 Å². The van der Waals surface area contributed by atoms with E-state index in [4.69, 9.17) is 4.42 Å². The van der Waals surface area contributed by atoms with Gasteiger partial charge in [0.1, 0.15) is 5.58 Å². The fourth-order valence-corrected chi connectivity index (χ4v) is 2.79. The first-order valence-electron chi connectivity index (χ1n) is 7.58. The molecule has 0 unspecified atom stereocenters. The van der Waals surface area contributed by atoms with Gasteiger partial charge in [-0.25, -0.2) is 5.43 Å². The number of hydrazone groups is 1. The lowest BCUT2D eigenvalue weighted by Crippen LogP contribution is -2.16. The molecule has 1 amide bonds. The number of rotatable bonds is 3. The number of carbonyl (C=O) groups excluding carboxylic acids is 1. The topological polar surface area (TPSA) is 59.5 Å². The number of nitrogens with one attached hydrogen (secondary N) is 1. The van der Waals surface area contributed by atoms with E-state index in [0.717, 1.165) is 21.9 Å². The van der Waals surface area contributed by atoms with Crippen LogP contribution >= 0.6 is 0 Å². The van der Waals surface area contributed by atoms with Gasteiger partial charge in [0, 0.05) is 35.1 Å². The van der Waals surface area contributed by atoms with Crippen LogP contribution in [0, 0.1) is 0 Å². The second-order valence-electron chi connectivity index (χ2n) is 5.56. The lowest BCUT2D eigenvalue weighted by Gasteiger charge is -1.95. The molecule has 0 aliphatic rings. The fraction of sp³-hybridized carbons (Fsp3) is 0.0526. The summed E-state index contributed by atoms with van der Waals surface area (Å²) in [5, 5.41) is 6.03. The van der Waals surface area contributed by atoms with Crippen LogP contribution in [0.2, 0.25) is 0 Å². The van der Waals surface area contributed by atoms with Crippen molar-refractivity contribution in [3.05, 3.63) is 72.1 Å². The summed E-state index contributed by atoms with van der Waals surface area (Å²) >= 11 is 0. The number of hydrogen-bond donors (Lipinski definition) is 1. The second kappa shape index (κ2) is 5.70. The number of para-hydroxylation sites is 2. The van der Waals surface area contributed by atoms with Crippen LogP contribution < -0.4 is 5.43 Å². The molecule has 0 saturated carbocycles. The zero-order valence-electron chi connectivity index (χ0n) is 13.1. The fourth-order valence-electron chi connectivity index (χ4n) is 2.79. The number of hydrogen-bond acceptors (Lipinski definition) is 3. The van der Waals surface area contributed by atoms with Gasteiger partial charge in [-0.2, -0.15) is 5.10 Å². The summed E-state index contributed by atoms with van der Waals surface area (Å²) in [4.78, 5) is 12.1. The van der Waals surface area contributed by atoms with Crippen molar-refractivity contribution in [2.75, 3.05) is 0 Å². The number of aromatic nitrogens is 1. The van der Waals surface area contributed by atoms with Crippen molar-refractivity contribution >= 4 is 34.0 Å². The van der Waals surface area contributed by atoms with Gasteiger partial charge in [0.2, 0.25) is 0 Å². The monoisotopic (exact) mass is 317 g/mol. The molecule has 4 rings (SSSR count). The molecule has 4 aromatic rings. The summed E-state index contributed by atoms with van der Waals surface area (Å²) in [6.45, 7) is 0. The molecule has 2 aromatic carbocycles. The highest BCUT2D eigenvalue weighted by Gasteiger charge is 2.11. The van der Waals surface area contributed by atoms with Crippen LogP contribution in [0.5, 0.6) is 0 Å². The zero-order valence-corrected chi connectivity index (χ0v) is 13.1. The maximum absolute atomic E-state index is 12.1. The SMILES string of the molecule is Cn1cc(/C=N/NC(=O)c2cc3ccccc3o2)c2ccccc21. The van der Waals surface area contributed by atoms with Gasteiger partial charge in [0.25, 0.3) is 0 Å². The Morgan fingerprint density at radius 3 is 2.83 bits per heavy atom. The number of nitrogens with zero attached hydrogens (tertiary/aromatic N) is 2. The molecule has 0 spiro atoms. The summed E-state index contributed by atoms with van der Waals surface area (Å²) in [5.74, 6) is -0.131. The average molecular weight is 317 g/mol. The first-order chi connectivity index (χ1) is 11.7. The van der Waals surface area contributed by atoms with E-state index < -0.39 is 0 Å². The molecule has 24 heavy (non-hydrogen) atoms. The lowest BCUT2D eigenvalue weighted by atomic mass is 10.2. The van der Waals surface area contributed by atoms with Crippen LogP contribution in [0.3, 0.4) is 0 Å². The minimum Gasteiger partial charge on any atom is -0.451 e. The molecule has 0 fully saturated rings. The van der Waals surface area contributed by atoms with Crippen molar-refractivity contribution in [2.24, 2.45) is 12.1 Å². The minimum absolute atomic E-state index is 0.242. The van der Waals surface area contributed by atoms with E-state index in [-0.39, 0.29) is 11.7 Å². The number of carbonyl (C=O) groups is 1.